The summed E-state index contributed by atoms with van der Waals surface area (Å²) in [5, 5.41) is 18.9. The van der Waals surface area contributed by atoms with Crippen LogP contribution in [0.25, 0.3) is 22.6 Å². The van der Waals surface area contributed by atoms with Crippen LogP contribution in [-0.2, 0) is 7.05 Å². The molecule has 4 heterocycles. The highest BCUT2D eigenvalue weighted by Gasteiger charge is 2.45. The Bertz CT molecular complexity index is 1220. The van der Waals surface area contributed by atoms with E-state index in [1.165, 1.54) is 22.9 Å². The summed E-state index contributed by atoms with van der Waals surface area (Å²) >= 11 is 0. The van der Waals surface area contributed by atoms with E-state index < -0.39 is 12.3 Å². The summed E-state index contributed by atoms with van der Waals surface area (Å²) in [6.07, 6.45) is 3.44. The molecule has 2 bridgehead atoms. The van der Waals surface area contributed by atoms with Crippen molar-refractivity contribution in [3.8, 4) is 34.3 Å². The van der Waals surface area contributed by atoms with Crippen molar-refractivity contribution < 1.29 is 14.2 Å². The largest absolute Gasteiger partial charge is 0.507 e. The van der Waals surface area contributed by atoms with E-state index in [0.717, 1.165) is 19.3 Å². The van der Waals surface area contributed by atoms with Crippen molar-refractivity contribution in [2.24, 2.45) is 7.05 Å². The highest BCUT2D eigenvalue weighted by Crippen LogP contribution is 2.36. The second-order valence-electron chi connectivity index (χ2n) is 8.81. The normalized spacial score (nSPS) is 25.1. The van der Waals surface area contributed by atoms with Crippen LogP contribution >= 0.6 is 0 Å². The van der Waals surface area contributed by atoms with Crippen molar-refractivity contribution in [1.82, 2.24) is 24.6 Å². The van der Waals surface area contributed by atoms with Crippen LogP contribution < -0.4 is 10.3 Å². The van der Waals surface area contributed by atoms with Gasteiger partial charge in [0.2, 0.25) is 5.88 Å². The molecule has 2 aromatic heterocycles. The van der Waals surface area contributed by atoms with Gasteiger partial charge in [0.05, 0.1) is 5.69 Å². The number of benzene rings is 1. The van der Waals surface area contributed by atoms with Gasteiger partial charge in [0.1, 0.15) is 17.7 Å². The number of piperidine rings is 2. The highest BCUT2D eigenvalue weighted by molar-refractivity contribution is 5.72. The number of ether oxygens (including phenoxy) is 1. The molecule has 2 fully saturated rings. The molecule has 1 aromatic carbocycles. The van der Waals surface area contributed by atoms with E-state index in [4.69, 9.17) is 4.74 Å². The molecule has 8 nitrogen and oxygen atoms in total. The summed E-state index contributed by atoms with van der Waals surface area (Å²) in [6, 6.07) is 9.94. The predicted molar refractivity (Wildman–Crippen MR) is 121 cm³/mol. The fraction of sp³-hybridized carbons (Fsp3) is 0.417. The van der Waals surface area contributed by atoms with Crippen molar-refractivity contribution in [1.29, 1.82) is 0 Å². The average Bonchev–Trinajstić information content (AvgIpc) is 2.80. The number of alkyl halides is 1. The second kappa shape index (κ2) is 8.55. The first-order valence-electron chi connectivity index (χ1n) is 11.1. The standard InChI is InChI=1S/C24H26FN5O3/c1-29-15-4-3-5-18(29)23(25)20(13-15)33-21-9-8-17(27-28-21)16-7-6-14(12-19(16)31)24-26-11-10-22(32)30(24)2/h6-12,15,18,20,23,31H,3-5,13H2,1-2H3/t15-,18+,20-,23-/m1/s1. The van der Waals surface area contributed by atoms with Crippen molar-refractivity contribution in [3.63, 3.8) is 0 Å². The zero-order valence-electron chi connectivity index (χ0n) is 18.6. The molecule has 4 atom stereocenters. The van der Waals surface area contributed by atoms with Crippen LogP contribution in [0.4, 0.5) is 4.39 Å². The van der Waals surface area contributed by atoms with Crippen LogP contribution in [0.15, 0.2) is 47.4 Å². The Morgan fingerprint density at radius 2 is 1.97 bits per heavy atom. The van der Waals surface area contributed by atoms with E-state index >= 15 is 4.39 Å². The predicted octanol–water partition coefficient (Wildman–Crippen LogP) is 2.95. The van der Waals surface area contributed by atoms with Crippen LogP contribution in [0.2, 0.25) is 0 Å². The molecular formula is C24H26FN5O3. The summed E-state index contributed by atoms with van der Waals surface area (Å²) in [5.41, 5.74) is 1.36. The van der Waals surface area contributed by atoms with Gasteiger partial charge in [0, 0.05) is 55.0 Å². The maximum absolute atomic E-state index is 15.0. The van der Waals surface area contributed by atoms with E-state index in [1.807, 2.05) is 7.05 Å². The van der Waals surface area contributed by atoms with Gasteiger partial charge in [0.15, 0.2) is 6.17 Å². The Hall–Kier alpha value is -3.33. The average molecular weight is 452 g/mol. The Kier molecular flexibility index (Phi) is 5.57. The van der Waals surface area contributed by atoms with Crippen molar-refractivity contribution in [2.45, 2.75) is 50.0 Å². The third-order valence-electron chi connectivity index (χ3n) is 6.87. The summed E-state index contributed by atoms with van der Waals surface area (Å²) in [4.78, 5) is 18.2. The molecule has 9 heteroatoms. The minimum atomic E-state index is -1.06. The lowest BCUT2D eigenvalue weighted by Gasteiger charge is -2.48. The topological polar surface area (TPSA) is 93.4 Å². The number of nitrogens with zero attached hydrogens (tertiary/aromatic N) is 5. The Morgan fingerprint density at radius 3 is 2.73 bits per heavy atom. The zero-order valence-corrected chi connectivity index (χ0v) is 18.6. The summed E-state index contributed by atoms with van der Waals surface area (Å²) in [6.45, 7) is 0. The number of aromatic nitrogens is 4. The first-order chi connectivity index (χ1) is 15.9. The molecule has 1 N–H and O–H groups in total. The lowest BCUT2D eigenvalue weighted by molar-refractivity contribution is -0.0640. The molecule has 172 valence electrons. The molecule has 2 saturated heterocycles. The van der Waals surface area contributed by atoms with E-state index in [1.54, 1.807) is 31.3 Å². The minimum Gasteiger partial charge on any atom is -0.507 e. The molecule has 0 saturated carbocycles. The van der Waals surface area contributed by atoms with E-state index in [2.05, 4.69) is 20.1 Å². The fourth-order valence-corrected chi connectivity index (χ4v) is 4.98. The van der Waals surface area contributed by atoms with Crippen LogP contribution in [0.1, 0.15) is 25.7 Å². The number of phenolic OH excluding ortho intramolecular Hbond substituents is 1. The van der Waals surface area contributed by atoms with Crippen molar-refractivity contribution in [2.75, 3.05) is 7.05 Å². The van der Waals surface area contributed by atoms with E-state index in [9.17, 15) is 9.90 Å². The van der Waals surface area contributed by atoms with E-state index in [0.29, 0.717) is 35.1 Å². The molecule has 0 unspecified atom stereocenters. The van der Waals surface area contributed by atoms with Gasteiger partial charge in [-0.2, -0.15) is 0 Å². The number of hydrogen-bond donors (Lipinski definition) is 1. The minimum absolute atomic E-state index is 0.0134. The smallest absolute Gasteiger partial charge is 0.253 e. The van der Waals surface area contributed by atoms with Crippen LogP contribution in [0.3, 0.4) is 0 Å². The fourth-order valence-electron chi connectivity index (χ4n) is 4.98. The van der Waals surface area contributed by atoms with Gasteiger partial charge in [-0.25, -0.2) is 9.37 Å². The number of rotatable bonds is 4. The molecular weight excluding hydrogens is 425 g/mol. The molecule has 0 aliphatic carbocycles. The first-order valence-corrected chi connectivity index (χ1v) is 11.1. The Balaban J connectivity index is 1.33. The van der Waals surface area contributed by atoms with Crippen LogP contribution in [0.5, 0.6) is 11.6 Å². The molecule has 0 radical (unpaired) electrons. The lowest BCUT2D eigenvalue weighted by Crippen LogP contribution is -2.59. The third-order valence-corrected chi connectivity index (χ3v) is 6.87. The molecule has 3 aromatic rings. The molecule has 2 aliphatic heterocycles. The Morgan fingerprint density at radius 1 is 1.12 bits per heavy atom. The van der Waals surface area contributed by atoms with Gasteiger partial charge in [-0.1, -0.05) is 12.5 Å². The summed E-state index contributed by atoms with van der Waals surface area (Å²) in [5.74, 6) is 0.706. The van der Waals surface area contributed by atoms with E-state index in [-0.39, 0.29) is 23.2 Å². The molecule has 5 rings (SSSR count). The SMILES string of the molecule is CN1[C@@H]2CCC[C@H]1[C@@H](F)[C@H](Oc1ccc(-c3ccc(-c4nccc(=O)n4C)cc3O)nn1)C2. The maximum Gasteiger partial charge on any atom is 0.253 e. The van der Waals surface area contributed by atoms with Gasteiger partial charge in [-0.3, -0.25) is 14.3 Å². The van der Waals surface area contributed by atoms with Crippen LogP contribution in [-0.4, -0.2) is 61.2 Å². The number of hydrogen-bond acceptors (Lipinski definition) is 7. The lowest BCUT2D eigenvalue weighted by atomic mass is 9.82. The van der Waals surface area contributed by atoms with Gasteiger partial charge < -0.3 is 9.84 Å². The quantitative estimate of drug-likeness (QED) is 0.652. The number of phenols is 1. The number of fused-ring (bicyclic) bond motifs is 2. The second-order valence-corrected chi connectivity index (χ2v) is 8.81. The highest BCUT2D eigenvalue weighted by atomic mass is 19.1. The number of aromatic hydroxyl groups is 1. The van der Waals surface area contributed by atoms with Gasteiger partial charge in [-0.05, 0) is 38.1 Å². The van der Waals surface area contributed by atoms with Crippen molar-refractivity contribution in [3.05, 3.63) is 52.9 Å². The number of halogens is 1. The maximum atomic E-state index is 15.0. The zero-order chi connectivity index (χ0) is 23.1. The summed E-state index contributed by atoms with van der Waals surface area (Å²) < 4.78 is 22.3. The van der Waals surface area contributed by atoms with Gasteiger partial charge in [0.25, 0.3) is 5.56 Å². The van der Waals surface area contributed by atoms with Crippen molar-refractivity contribution >= 4 is 0 Å². The van der Waals surface area contributed by atoms with Gasteiger partial charge >= 0.3 is 0 Å². The van der Waals surface area contributed by atoms with Crippen LogP contribution in [0, 0.1) is 0 Å². The Labute approximate surface area is 190 Å². The molecule has 33 heavy (non-hydrogen) atoms. The molecule has 0 spiro atoms. The third kappa shape index (κ3) is 3.97. The monoisotopic (exact) mass is 451 g/mol. The molecule has 0 amide bonds. The first kappa shape index (κ1) is 21.5. The molecule has 2 aliphatic rings. The summed E-state index contributed by atoms with van der Waals surface area (Å²) in [7, 11) is 3.62. The van der Waals surface area contributed by atoms with Gasteiger partial charge in [-0.15, -0.1) is 10.2 Å².